The van der Waals surface area contributed by atoms with Crippen molar-refractivity contribution in [2.45, 2.75) is 24.8 Å². The fourth-order valence-corrected chi connectivity index (χ4v) is 2.57. The molecule has 0 aromatic heterocycles. The van der Waals surface area contributed by atoms with Gasteiger partial charge in [0.1, 0.15) is 5.82 Å². The monoisotopic (exact) mass is 308 g/mol. The molecule has 0 aliphatic rings. The van der Waals surface area contributed by atoms with E-state index in [-0.39, 0.29) is 16.8 Å². The van der Waals surface area contributed by atoms with Crippen LogP contribution in [0.15, 0.2) is 47.4 Å². The van der Waals surface area contributed by atoms with Gasteiger partial charge in [-0.25, -0.2) is 17.9 Å². The largest absolute Gasteiger partial charge is 0.378 e. The quantitative estimate of drug-likeness (QED) is 0.912. The molecule has 2 aromatic rings. The van der Waals surface area contributed by atoms with E-state index in [4.69, 9.17) is 5.14 Å². The van der Waals surface area contributed by atoms with E-state index >= 15 is 0 Å². The van der Waals surface area contributed by atoms with Crippen molar-refractivity contribution in [1.29, 1.82) is 0 Å². The van der Waals surface area contributed by atoms with Crippen LogP contribution in [-0.2, 0) is 10.0 Å². The SMILES string of the molecule is Cc1ccc(S(N)(=O)=O)cc1NC(C)c1cccc(F)c1. The first-order valence-corrected chi connectivity index (χ1v) is 7.97. The Morgan fingerprint density at radius 2 is 1.90 bits per heavy atom. The van der Waals surface area contributed by atoms with Crippen molar-refractivity contribution in [2.24, 2.45) is 5.14 Å². The number of rotatable bonds is 4. The van der Waals surface area contributed by atoms with E-state index < -0.39 is 10.0 Å². The van der Waals surface area contributed by atoms with E-state index in [0.717, 1.165) is 11.1 Å². The number of primary sulfonamides is 1. The molecule has 0 aliphatic heterocycles. The predicted molar refractivity (Wildman–Crippen MR) is 81.0 cm³/mol. The van der Waals surface area contributed by atoms with Crippen molar-refractivity contribution in [3.8, 4) is 0 Å². The first-order chi connectivity index (χ1) is 9.77. The van der Waals surface area contributed by atoms with Crippen LogP contribution in [0, 0.1) is 12.7 Å². The number of aryl methyl sites for hydroxylation is 1. The molecular weight excluding hydrogens is 291 g/mol. The maximum atomic E-state index is 13.2. The molecule has 112 valence electrons. The van der Waals surface area contributed by atoms with Crippen LogP contribution in [0.1, 0.15) is 24.1 Å². The molecule has 1 unspecified atom stereocenters. The van der Waals surface area contributed by atoms with E-state index in [0.29, 0.717) is 5.69 Å². The van der Waals surface area contributed by atoms with Gasteiger partial charge in [0.2, 0.25) is 10.0 Å². The summed E-state index contributed by atoms with van der Waals surface area (Å²) in [5, 5.41) is 8.31. The lowest BCUT2D eigenvalue weighted by atomic mass is 10.1. The molecule has 0 bridgehead atoms. The van der Waals surface area contributed by atoms with E-state index in [1.165, 1.54) is 24.3 Å². The summed E-state index contributed by atoms with van der Waals surface area (Å²) < 4.78 is 36.0. The molecule has 1 atom stereocenters. The molecule has 4 nitrogen and oxygen atoms in total. The fourth-order valence-electron chi connectivity index (χ4n) is 2.03. The average Bonchev–Trinajstić information content (AvgIpc) is 2.40. The van der Waals surface area contributed by atoms with Gasteiger partial charge >= 0.3 is 0 Å². The molecule has 0 aliphatic carbocycles. The molecule has 6 heteroatoms. The van der Waals surface area contributed by atoms with Gasteiger partial charge in [-0.1, -0.05) is 18.2 Å². The second kappa shape index (κ2) is 5.83. The number of halogens is 1. The van der Waals surface area contributed by atoms with E-state index in [1.54, 1.807) is 18.2 Å². The smallest absolute Gasteiger partial charge is 0.238 e. The van der Waals surface area contributed by atoms with Crippen LogP contribution in [0.5, 0.6) is 0 Å². The first kappa shape index (κ1) is 15.5. The van der Waals surface area contributed by atoms with Crippen LogP contribution in [0.3, 0.4) is 0 Å². The van der Waals surface area contributed by atoms with Gasteiger partial charge in [-0.05, 0) is 49.2 Å². The maximum absolute atomic E-state index is 13.2. The minimum atomic E-state index is -3.75. The Kier molecular flexibility index (Phi) is 4.29. The van der Waals surface area contributed by atoms with Crippen LogP contribution < -0.4 is 10.5 Å². The first-order valence-electron chi connectivity index (χ1n) is 6.43. The standard InChI is InChI=1S/C15H17FN2O2S/c1-10-6-7-14(21(17,19)20)9-15(10)18-11(2)12-4-3-5-13(16)8-12/h3-9,11,18H,1-2H3,(H2,17,19,20). The summed E-state index contributed by atoms with van der Waals surface area (Å²) in [6.45, 7) is 3.73. The summed E-state index contributed by atoms with van der Waals surface area (Å²) >= 11 is 0. The van der Waals surface area contributed by atoms with E-state index in [1.807, 2.05) is 13.8 Å². The van der Waals surface area contributed by atoms with Gasteiger partial charge in [-0.2, -0.15) is 0 Å². The minimum Gasteiger partial charge on any atom is -0.378 e. The molecule has 0 spiro atoms. The van der Waals surface area contributed by atoms with Crippen molar-refractivity contribution in [2.75, 3.05) is 5.32 Å². The Morgan fingerprint density at radius 3 is 2.52 bits per heavy atom. The summed E-state index contributed by atoms with van der Waals surface area (Å²) in [5.41, 5.74) is 2.30. The van der Waals surface area contributed by atoms with Crippen LogP contribution in [0.25, 0.3) is 0 Å². The number of anilines is 1. The zero-order valence-electron chi connectivity index (χ0n) is 11.8. The second-order valence-corrected chi connectivity index (χ2v) is 6.50. The Balaban J connectivity index is 2.31. The molecule has 0 saturated carbocycles. The lowest BCUT2D eigenvalue weighted by molar-refractivity contribution is 0.598. The van der Waals surface area contributed by atoms with Crippen LogP contribution in [-0.4, -0.2) is 8.42 Å². The van der Waals surface area contributed by atoms with Gasteiger partial charge in [-0.15, -0.1) is 0 Å². The Labute approximate surface area is 123 Å². The third kappa shape index (κ3) is 3.80. The lowest BCUT2D eigenvalue weighted by Crippen LogP contribution is -2.14. The van der Waals surface area contributed by atoms with Gasteiger partial charge in [0.05, 0.1) is 4.90 Å². The number of benzene rings is 2. The highest BCUT2D eigenvalue weighted by Crippen LogP contribution is 2.25. The van der Waals surface area contributed by atoms with Gasteiger partial charge in [0, 0.05) is 11.7 Å². The van der Waals surface area contributed by atoms with Crippen molar-refractivity contribution in [3.63, 3.8) is 0 Å². The van der Waals surface area contributed by atoms with Crippen molar-refractivity contribution < 1.29 is 12.8 Å². The summed E-state index contributed by atoms with van der Waals surface area (Å²) in [6.07, 6.45) is 0. The van der Waals surface area contributed by atoms with E-state index in [2.05, 4.69) is 5.32 Å². The van der Waals surface area contributed by atoms with Gasteiger partial charge in [0.25, 0.3) is 0 Å². The Morgan fingerprint density at radius 1 is 1.19 bits per heavy atom. The summed E-state index contributed by atoms with van der Waals surface area (Å²) in [4.78, 5) is 0.0436. The van der Waals surface area contributed by atoms with Crippen molar-refractivity contribution in [3.05, 3.63) is 59.4 Å². The molecule has 0 fully saturated rings. The zero-order chi connectivity index (χ0) is 15.6. The highest BCUT2D eigenvalue weighted by molar-refractivity contribution is 7.89. The van der Waals surface area contributed by atoms with Gasteiger partial charge < -0.3 is 5.32 Å². The van der Waals surface area contributed by atoms with Crippen LogP contribution in [0.4, 0.5) is 10.1 Å². The number of sulfonamides is 1. The predicted octanol–water partition coefficient (Wildman–Crippen LogP) is 2.95. The molecule has 0 heterocycles. The Hall–Kier alpha value is -1.92. The zero-order valence-corrected chi connectivity index (χ0v) is 12.6. The third-order valence-electron chi connectivity index (χ3n) is 3.26. The van der Waals surface area contributed by atoms with Gasteiger partial charge in [-0.3, -0.25) is 0 Å². The molecular formula is C15H17FN2O2S. The van der Waals surface area contributed by atoms with Crippen molar-refractivity contribution in [1.82, 2.24) is 0 Å². The number of nitrogens with one attached hydrogen (secondary N) is 1. The Bertz CT molecular complexity index is 760. The molecule has 0 radical (unpaired) electrons. The topological polar surface area (TPSA) is 72.2 Å². The number of nitrogens with two attached hydrogens (primary N) is 1. The minimum absolute atomic E-state index is 0.0436. The summed E-state index contributed by atoms with van der Waals surface area (Å²) in [6, 6.07) is 10.7. The summed E-state index contributed by atoms with van der Waals surface area (Å²) in [7, 11) is -3.75. The van der Waals surface area contributed by atoms with Crippen LogP contribution >= 0.6 is 0 Å². The maximum Gasteiger partial charge on any atom is 0.238 e. The molecule has 2 rings (SSSR count). The summed E-state index contributed by atoms with van der Waals surface area (Å²) in [5.74, 6) is -0.309. The third-order valence-corrected chi connectivity index (χ3v) is 4.17. The molecule has 2 aromatic carbocycles. The number of hydrogen-bond donors (Lipinski definition) is 2. The normalized spacial score (nSPS) is 13.0. The van der Waals surface area contributed by atoms with Gasteiger partial charge in [0.15, 0.2) is 0 Å². The van der Waals surface area contributed by atoms with Crippen LogP contribution in [0.2, 0.25) is 0 Å². The van der Waals surface area contributed by atoms with E-state index in [9.17, 15) is 12.8 Å². The average molecular weight is 308 g/mol. The highest BCUT2D eigenvalue weighted by atomic mass is 32.2. The molecule has 3 N–H and O–H groups in total. The molecule has 0 amide bonds. The van der Waals surface area contributed by atoms with Crippen molar-refractivity contribution >= 4 is 15.7 Å². The fraction of sp³-hybridized carbons (Fsp3) is 0.200. The molecule has 21 heavy (non-hydrogen) atoms. The highest BCUT2D eigenvalue weighted by Gasteiger charge is 2.12. The second-order valence-electron chi connectivity index (χ2n) is 4.94. The lowest BCUT2D eigenvalue weighted by Gasteiger charge is -2.18. The molecule has 0 saturated heterocycles. The number of hydrogen-bond acceptors (Lipinski definition) is 3.